The second-order valence-corrected chi connectivity index (χ2v) is 5.13. The van der Waals surface area contributed by atoms with Gasteiger partial charge in [-0.05, 0) is 32.0 Å². The summed E-state index contributed by atoms with van der Waals surface area (Å²) in [6.45, 7) is 3.86. The summed E-state index contributed by atoms with van der Waals surface area (Å²) in [5, 5.41) is 4.50. The van der Waals surface area contributed by atoms with Crippen LogP contribution < -0.4 is 5.43 Å². The van der Waals surface area contributed by atoms with Crippen molar-refractivity contribution in [3.05, 3.63) is 83.4 Å². The fraction of sp³-hybridized carbons (Fsp3) is 0.111. The maximum absolute atomic E-state index is 4.50. The highest BCUT2D eigenvalue weighted by atomic mass is 15.4. The molecule has 2 heterocycles. The van der Waals surface area contributed by atoms with Crippen molar-refractivity contribution in [2.45, 2.75) is 13.8 Å². The second-order valence-electron chi connectivity index (χ2n) is 5.13. The lowest BCUT2D eigenvalue weighted by molar-refractivity contribution is 1.03. The van der Waals surface area contributed by atoms with Crippen molar-refractivity contribution >= 4 is 11.7 Å². The number of nitrogens with one attached hydrogen (secondary N) is 1. The molecule has 0 radical (unpaired) electrons. The summed E-state index contributed by atoms with van der Waals surface area (Å²) in [6.07, 6.45) is 1.75. The summed E-state index contributed by atoms with van der Waals surface area (Å²) >= 11 is 0. The van der Waals surface area contributed by atoms with Crippen molar-refractivity contribution in [3.63, 3.8) is 0 Å². The quantitative estimate of drug-likeness (QED) is 0.593. The molecule has 0 bridgehead atoms. The van der Waals surface area contributed by atoms with Gasteiger partial charge in [0.1, 0.15) is 5.71 Å². The molecule has 0 saturated carbocycles. The Morgan fingerprint density at radius 1 is 0.913 bits per heavy atom. The van der Waals surface area contributed by atoms with Gasteiger partial charge in [-0.2, -0.15) is 5.10 Å². The van der Waals surface area contributed by atoms with Crippen molar-refractivity contribution < 1.29 is 0 Å². The van der Waals surface area contributed by atoms with Crippen LogP contribution in [0.5, 0.6) is 0 Å². The zero-order valence-electron chi connectivity index (χ0n) is 13.1. The fourth-order valence-corrected chi connectivity index (χ4v) is 2.25. The van der Waals surface area contributed by atoms with Crippen molar-refractivity contribution in [3.8, 4) is 0 Å². The standard InChI is InChI=1S/C18H17N5/c1-13-12-14(2)21-18(20-13)23-22-17(15-8-4-3-5-9-15)16-10-6-7-11-19-16/h3-12H,1-2H3,(H,20,21,23)/b22-17+. The van der Waals surface area contributed by atoms with Gasteiger partial charge in [0.05, 0.1) is 5.69 Å². The van der Waals surface area contributed by atoms with Crippen LogP contribution in [0.2, 0.25) is 0 Å². The largest absolute Gasteiger partial charge is 0.255 e. The predicted octanol–water partition coefficient (Wildman–Crippen LogP) is 3.35. The average Bonchev–Trinajstić information content (AvgIpc) is 2.56. The van der Waals surface area contributed by atoms with E-state index in [1.54, 1.807) is 6.20 Å². The minimum atomic E-state index is 0.479. The van der Waals surface area contributed by atoms with Gasteiger partial charge < -0.3 is 0 Å². The first kappa shape index (κ1) is 14.8. The highest BCUT2D eigenvalue weighted by Crippen LogP contribution is 2.10. The Bertz CT molecular complexity index is 752. The second kappa shape index (κ2) is 6.79. The van der Waals surface area contributed by atoms with E-state index in [9.17, 15) is 0 Å². The molecule has 1 aromatic carbocycles. The van der Waals surface area contributed by atoms with Crippen molar-refractivity contribution in [2.24, 2.45) is 5.10 Å². The van der Waals surface area contributed by atoms with Crippen molar-refractivity contribution in [1.82, 2.24) is 15.0 Å². The molecular weight excluding hydrogens is 286 g/mol. The van der Waals surface area contributed by atoms with E-state index >= 15 is 0 Å². The molecule has 0 aliphatic carbocycles. The molecule has 5 nitrogen and oxygen atoms in total. The van der Waals surface area contributed by atoms with Crippen LogP contribution in [0.25, 0.3) is 0 Å². The molecule has 0 aliphatic rings. The Labute approximate surface area is 135 Å². The molecule has 23 heavy (non-hydrogen) atoms. The maximum Gasteiger partial charge on any atom is 0.243 e. The molecule has 0 saturated heterocycles. The number of hydrazone groups is 1. The van der Waals surface area contributed by atoms with Crippen LogP contribution in [0.1, 0.15) is 22.6 Å². The molecular formula is C18H17N5. The SMILES string of the molecule is Cc1cc(C)nc(N/N=C(\c2ccccc2)c2ccccn2)n1. The Balaban J connectivity index is 1.98. The van der Waals surface area contributed by atoms with E-state index in [0.29, 0.717) is 5.95 Å². The Morgan fingerprint density at radius 3 is 2.26 bits per heavy atom. The van der Waals surface area contributed by atoms with Gasteiger partial charge in [-0.3, -0.25) is 4.98 Å². The third-order valence-electron chi connectivity index (χ3n) is 3.20. The first-order valence-electron chi connectivity index (χ1n) is 7.35. The van der Waals surface area contributed by atoms with Crippen LogP contribution in [-0.2, 0) is 0 Å². The lowest BCUT2D eigenvalue weighted by atomic mass is 10.1. The number of pyridine rings is 1. The van der Waals surface area contributed by atoms with Crippen LogP contribution in [0.3, 0.4) is 0 Å². The molecule has 0 atom stereocenters. The summed E-state index contributed by atoms with van der Waals surface area (Å²) in [4.78, 5) is 13.1. The molecule has 0 amide bonds. The molecule has 3 rings (SSSR count). The molecule has 114 valence electrons. The lowest BCUT2D eigenvalue weighted by Crippen LogP contribution is -2.09. The van der Waals surface area contributed by atoms with Crippen molar-refractivity contribution in [1.29, 1.82) is 0 Å². The van der Waals surface area contributed by atoms with Gasteiger partial charge in [0, 0.05) is 23.1 Å². The van der Waals surface area contributed by atoms with Gasteiger partial charge in [-0.25, -0.2) is 15.4 Å². The maximum atomic E-state index is 4.50. The monoisotopic (exact) mass is 303 g/mol. The van der Waals surface area contributed by atoms with E-state index in [-0.39, 0.29) is 0 Å². The number of nitrogens with zero attached hydrogens (tertiary/aromatic N) is 4. The Morgan fingerprint density at radius 2 is 1.61 bits per heavy atom. The third kappa shape index (κ3) is 3.77. The van der Waals surface area contributed by atoms with Gasteiger partial charge in [0.25, 0.3) is 0 Å². The summed E-state index contributed by atoms with van der Waals surface area (Å²) in [5.41, 5.74) is 7.25. The van der Waals surface area contributed by atoms with Crippen LogP contribution in [-0.4, -0.2) is 20.7 Å². The van der Waals surface area contributed by atoms with Gasteiger partial charge >= 0.3 is 0 Å². The van der Waals surface area contributed by atoms with E-state index in [1.165, 1.54) is 0 Å². The van der Waals surface area contributed by atoms with Crippen LogP contribution in [0.15, 0.2) is 65.9 Å². The topological polar surface area (TPSA) is 63.1 Å². The molecule has 0 spiro atoms. The first-order valence-corrected chi connectivity index (χ1v) is 7.35. The van der Waals surface area contributed by atoms with E-state index in [0.717, 1.165) is 28.4 Å². The van der Waals surface area contributed by atoms with Gasteiger partial charge in [-0.1, -0.05) is 36.4 Å². The summed E-state index contributed by atoms with van der Waals surface area (Å²) in [6, 6.07) is 17.6. The minimum absolute atomic E-state index is 0.479. The number of rotatable bonds is 4. The highest BCUT2D eigenvalue weighted by molar-refractivity contribution is 6.11. The van der Waals surface area contributed by atoms with Gasteiger partial charge in [0.15, 0.2) is 0 Å². The van der Waals surface area contributed by atoms with E-state index in [1.807, 2.05) is 68.4 Å². The van der Waals surface area contributed by atoms with E-state index in [2.05, 4.69) is 25.5 Å². The summed E-state index contributed by atoms with van der Waals surface area (Å²) in [7, 11) is 0. The smallest absolute Gasteiger partial charge is 0.243 e. The normalized spacial score (nSPS) is 11.3. The predicted molar refractivity (Wildman–Crippen MR) is 91.4 cm³/mol. The number of aromatic nitrogens is 3. The molecule has 5 heteroatoms. The van der Waals surface area contributed by atoms with Crippen LogP contribution in [0, 0.1) is 13.8 Å². The number of hydrogen-bond acceptors (Lipinski definition) is 5. The molecule has 3 aromatic rings. The zero-order chi connectivity index (χ0) is 16.1. The molecule has 0 aliphatic heterocycles. The molecule has 1 N–H and O–H groups in total. The number of hydrogen-bond donors (Lipinski definition) is 1. The van der Waals surface area contributed by atoms with Crippen LogP contribution in [0.4, 0.5) is 5.95 Å². The Kier molecular flexibility index (Phi) is 4.38. The zero-order valence-corrected chi connectivity index (χ0v) is 13.1. The fourth-order valence-electron chi connectivity index (χ4n) is 2.25. The highest BCUT2D eigenvalue weighted by Gasteiger charge is 2.08. The molecule has 0 unspecified atom stereocenters. The van der Waals surface area contributed by atoms with Gasteiger partial charge in [-0.15, -0.1) is 0 Å². The van der Waals surface area contributed by atoms with Gasteiger partial charge in [0.2, 0.25) is 5.95 Å². The van der Waals surface area contributed by atoms with Crippen LogP contribution >= 0.6 is 0 Å². The number of anilines is 1. The number of aryl methyl sites for hydroxylation is 2. The summed E-state index contributed by atoms with van der Waals surface area (Å²) < 4.78 is 0. The minimum Gasteiger partial charge on any atom is -0.255 e. The van der Waals surface area contributed by atoms with Crippen molar-refractivity contribution in [2.75, 3.05) is 5.43 Å². The van der Waals surface area contributed by atoms with E-state index < -0.39 is 0 Å². The third-order valence-corrected chi connectivity index (χ3v) is 3.20. The summed E-state index contributed by atoms with van der Waals surface area (Å²) in [5.74, 6) is 0.479. The Hall–Kier alpha value is -3.08. The molecule has 0 fully saturated rings. The lowest BCUT2D eigenvalue weighted by Gasteiger charge is -2.07. The number of benzene rings is 1. The van der Waals surface area contributed by atoms with E-state index in [4.69, 9.17) is 0 Å². The average molecular weight is 303 g/mol. The molecule has 2 aromatic heterocycles. The first-order chi connectivity index (χ1) is 11.2.